The fraction of sp³-hybridized carbons (Fsp3) is 0.528. The molecule has 0 bridgehead atoms. The van der Waals surface area contributed by atoms with E-state index in [1.165, 1.54) is 6.20 Å². The number of aromatic nitrogens is 1. The summed E-state index contributed by atoms with van der Waals surface area (Å²) in [6.45, 7) is 21.3. The predicted molar refractivity (Wildman–Crippen MR) is 164 cm³/mol. The van der Waals surface area contributed by atoms with Gasteiger partial charge >= 0.3 is 0 Å². The zero-order valence-electron chi connectivity index (χ0n) is 32.1. The molecule has 0 aliphatic carbocycles. The Hall–Kier alpha value is -2.41. The first-order chi connectivity index (χ1) is 19.5. The van der Waals surface area contributed by atoms with Gasteiger partial charge < -0.3 is 0 Å². The van der Waals surface area contributed by atoms with Crippen LogP contribution in [0.15, 0.2) is 48.7 Å². The summed E-state index contributed by atoms with van der Waals surface area (Å²) in [6.07, 6.45) is -2.28. The van der Waals surface area contributed by atoms with Gasteiger partial charge in [0, 0.05) is 21.4 Å². The quantitative estimate of drug-likeness (QED) is 0.344. The molecule has 3 rings (SSSR count). The molecule has 0 spiro atoms. The van der Waals surface area contributed by atoms with Crippen molar-refractivity contribution in [2.45, 2.75) is 114 Å². The molecule has 0 atom stereocenters. The zero-order valence-corrected chi connectivity index (χ0v) is 25.1. The van der Waals surface area contributed by atoms with Crippen LogP contribution in [0.1, 0.15) is 120 Å². The van der Waals surface area contributed by atoms with Crippen molar-refractivity contribution in [1.82, 2.24) is 4.98 Å². The highest BCUT2D eigenvalue weighted by atomic mass is 14.7. The van der Waals surface area contributed by atoms with E-state index >= 15 is 0 Å². The number of hydrogen-bond acceptors (Lipinski definition) is 1. The highest BCUT2D eigenvalue weighted by Gasteiger charge is 2.24. The van der Waals surface area contributed by atoms with Gasteiger partial charge in [-0.15, -0.1) is 0 Å². The number of aryl methyl sites for hydroxylation is 1. The van der Waals surface area contributed by atoms with Crippen molar-refractivity contribution in [3.8, 4) is 22.4 Å². The van der Waals surface area contributed by atoms with Crippen LogP contribution >= 0.6 is 0 Å². The largest absolute Gasteiger partial charge is 0.256 e. The molecule has 1 nitrogen and oxygen atoms in total. The third kappa shape index (κ3) is 7.56. The van der Waals surface area contributed by atoms with Crippen molar-refractivity contribution >= 4 is 0 Å². The molecule has 2 aromatic carbocycles. The Morgan fingerprint density at radius 2 is 1.30 bits per heavy atom. The van der Waals surface area contributed by atoms with Crippen LogP contribution in [0.2, 0.25) is 0 Å². The molecular formula is C36H51N. The first-order valence-corrected chi connectivity index (χ1v) is 13.3. The van der Waals surface area contributed by atoms with Crippen LogP contribution in [0.25, 0.3) is 22.4 Å². The van der Waals surface area contributed by atoms with E-state index in [0.717, 1.165) is 16.7 Å². The second-order valence-corrected chi connectivity index (χ2v) is 14.4. The van der Waals surface area contributed by atoms with Crippen molar-refractivity contribution in [2.75, 3.05) is 0 Å². The molecular weight excluding hydrogens is 446 g/mol. The second-order valence-electron chi connectivity index (χ2n) is 14.4. The van der Waals surface area contributed by atoms with Crippen molar-refractivity contribution < 1.29 is 9.60 Å². The molecule has 0 unspecified atom stereocenters. The number of rotatable bonds is 4. The van der Waals surface area contributed by atoms with Gasteiger partial charge in [0.05, 0.1) is 5.69 Å². The lowest BCUT2D eigenvalue weighted by Crippen LogP contribution is -2.17. The smallest absolute Gasteiger partial charge is 0.0705 e. The van der Waals surface area contributed by atoms with Gasteiger partial charge in [0.1, 0.15) is 0 Å². The fourth-order valence-corrected chi connectivity index (χ4v) is 4.42. The van der Waals surface area contributed by atoms with Gasteiger partial charge in [0.2, 0.25) is 0 Å². The van der Waals surface area contributed by atoms with Crippen LogP contribution in [-0.2, 0) is 23.6 Å². The second kappa shape index (κ2) is 10.0. The molecule has 0 amide bonds. The van der Waals surface area contributed by atoms with E-state index in [1.54, 1.807) is 39.0 Å². The molecule has 0 fully saturated rings. The number of benzene rings is 2. The van der Waals surface area contributed by atoms with Gasteiger partial charge in [-0.05, 0) is 92.3 Å². The maximum absolute atomic E-state index is 9.16. The van der Waals surface area contributed by atoms with Crippen molar-refractivity contribution in [3.05, 3.63) is 76.5 Å². The third-order valence-corrected chi connectivity index (χ3v) is 6.22. The molecule has 0 radical (unpaired) electrons. The van der Waals surface area contributed by atoms with E-state index in [1.807, 2.05) is 32.9 Å². The summed E-state index contributed by atoms with van der Waals surface area (Å²) in [6, 6.07) is 13.1. The molecule has 0 N–H and O–H groups in total. The molecule has 0 aliphatic rings. The number of hydrogen-bond donors (Lipinski definition) is 0. The summed E-state index contributed by atoms with van der Waals surface area (Å²) >= 11 is 0. The molecule has 37 heavy (non-hydrogen) atoms. The number of nitrogens with zero attached hydrogens (tertiary/aromatic N) is 1. The van der Waals surface area contributed by atoms with Crippen LogP contribution in [0.5, 0.6) is 0 Å². The zero-order chi connectivity index (χ0) is 34.1. The lowest BCUT2D eigenvalue weighted by atomic mass is 9.76. The van der Waals surface area contributed by atoms with Gasteiger partial charge in [-0.1, -0.05) is 113 Å². The maximum atomic E-state index is 9.16. The fourth-order valence-electron chi connectivity index (χ4n) is 4.42. The summed E-state index contributed by atoms with van der Waals surface area (Å²) in [5.41, 5.74) is 3.45. The van der Waals surface area contributed by atoms with Gasteiger partial charge in [-0.2, -0.15) is 0 Å². The molecule has 0 saturated carbocycles. The minimum Gasteiger partial charge on any atom is -0.256 e. The predicted octanol–water partition coefficient (Wildman–Crippen LogP) is 10.5. The van der Waals surface area contributed by atoms with E-state index in [-0.39, 0.29) is 27.5 Å². The minimum absolute atomic E-state index is 0.0840. The maximum Gasteiger partial charge on any atom is 0.0705 e. The van der Waals surface area contributed by atoms with Crippen LogP contribution in [0.3, 0.4) is 0 Å². The van der Waals surface area contributed by atoms with Crippen LogP contribution < -0.4 is 0 Å². The molecule has 0 saturated heterocycles. The first-order valence-electron chi connectivity index (χ1n) is 16.8. The lowest BCUT2D eigenvalue weighted by molar-refractivity contribution is 0.392. The Balaban J connectivity index is 2.42. The van der Waals surface area contributed by atoms with Crippen molar-refractivity contribution in [3.63, 3.8) is 0 Å². The summed E-state index contributed by atoms with van der Waals surface area (Å²) in [7, 11) is 0. The Morgan fingerprint density at radius 3 is 1.84 bits per heavy atom. The third-order valence-electron chi connectivity index (χ3n) is 6.22. The van der Waals surface area contributed by atoms with E-state index in [4.69, 9.17) is 9.60 Å². The SMILES string of the molecule is [2H]C([2H])([2H])c1ccc(-c2cc(C([2H])([2H])C(C)(C)C)c(C([2H])([2H])C(C)(C)C)cn2)cc1-c1ccc(C(C)(C)C)cc1C(C)(C)C. The normalized spacial score (nSPS) is 17.1. The van der Waals surface area contributed by atoms with Crippen molar-refractivity contribution in [1.29, 1.82) is 0 Å². The van der Waals surface area contributed by atoms with E-state index in [0.29, 0.717) is 16.8 Å². The molecule has 1 aromatic heterocycles. The van der Waals surface area contributed by atoms with Crippen LogP contribution in [0, 0.1) is 17.7 Å². The summed E-state index contributed by atoms with van der Waals surface area (Å²) < 4.78 is 61.4. The first kappa shape index (κ1) is 20.5. The average molecular weight is 505 g/mol. The topological polar surface area (TPSA) is 12.9 Å². The minimum atomic E-state index is -2.36. The van der Waals surface area contributed by atoms with Gasteiger partial charge in [-0.3, -0.25) is 4.98 Å². The highest BCUT2D eigenvalue weighted by Crippen LogP contribution is 2.39. The van der Waals surface area contributed by atoms with Gasteiger partial charge in [0.25, 0.3) is 0 Å². The monoisotopic (exact) mass is 504 g/mol. The van der Waals surface area contributed by atoms with Gasteiger partial charge in [0.15, 0.2) is 0 Å². The summed E-state index contributed by atoms with van der Waals surface area (Å²) in [5.74, 6) is 0. The molecule has 200 valence electrons. The summed E-state index contributed by atoms with van der Waals surface area (Å²) in [4.78, 5) is 4.68. The lowest BCUT2D eigenvalue weighted by Gasteiger charge is -2.28. The Morgan fingerprint density at radius 1 is 0.676 bits per heavy atom. The molecule has 0 aliphatic heterocycles. The molecule has 1 heterocycles. The van der Waals surface area contributed by atoms with Crippen LogP contribution in [-0.4, -0.2) is 4.98 Å². The average Bonchev–Trinajstić information content (AvgIpc) is 2.84. The Labute approximate surface area is 238 Å². The molecule has 3 aromatic rings. The van der Waals surface area contributed by atoms with Crippen LogP contribution in [0.4, 0.5) is 0 Å². The molecule has 1 heteroatoms. The standard InChI is InChI=1S/C36H51N/c1-24-14-15-25(32-19-26(21-33(2,3)4)27(23-37-32)22-34(5,6)7)18-30(24)29-17-16-28(35(8,9)10)20-31(29)36(11,12)13/h14-20,23H,21-22H2,1-13H3/i1D3,21D2,22D2. The van der Waals surface area contributed by atoms with E-state index < -0.39 is 30.4 Å². The Kier molecular flexibility index (Phi) is 5.58. The number of pyridine rings is 1. The van der Waals surface area contributed by atoms with Crippen molar-refractivity contribution in [2.24, 2.45) is 10.8 Å². The Bertz CT molecular complexity index is 1520. The van der Waals surface area contributed by atoms with E-state index in [2.05, 4.69) is 58.7 Å². The summed E-state index contributed by atoms with van der Waals surface area (Å²) in [5, 5.41) is 0. The van der Waals surface area contributed by atoms with E-state index in [9.17, 15) is 0 Å². The highest BCUT2D eigenvalue weighted by molar-refractivity contribution is 5.77. The van der Waals surface area contributed by atoms with Gasteiger partial charge in [-0.25, -0.2) is 0 Å².